The Kier molecular flexibility index (Phi) is 11.0. The summed E-state index contributed by atoms with van der Waals surface area (Å²) in [6, 6.07) is 24.7. The van der Waals surface area contributed by atoms with Crippen LogP contribution in [-0.2, 0) is 26.0 Å². The maximum atomic E-state index is 15.1. The molecule has 3 aromatic heterocycles. The van der Waals surface area contributed by atoms with Crippen molar-refractivity contribution in [1.29, 1.82) is 0 Å². The van der Waals surface area contributed by atoms with Gasteiger partial charge in [0.15, 0.2) is 0 Å². The molecule has 3 aromatic carbocycles. The van der Waals surface area contributed by atoms with E-state index in [1.165, 1.54) is 67.9 Å². The molecule has 7 rings (SSSR count). The van der Waals surface area contributed by atoms with Crippen molar-refractivity contribution in [2.75, 3.05) is 33.9 Å². The third-order valence-electron chi connectivity index (χ3n) is 10.9. The first-order valence-corrected chi connectivity index (χ1v) is 21.5. The SMILES string of the molecule is COc1ccc(F)cc1[C@H](Cn1c(=O)n([C@]2(C)CC(=O)N(C)C2)c(=O)c2c(C)c(-n3nccn3)sc21)OCCO[Si](c1ccccc1)(c1ccccc1)C(C)(C)C. The summed E-state index contributed by atoms with van der Waals surface area (Å²) in [5.74, 6) is -0.319. The number of methoxy groups -OCH3 is 1. The average molecular weight is 811 g/mol. The highest BCUT2D eigenvalue weighted by Gasteiger charge is 2.50. The van der Waals surface area contributed by atoms with Crippen molar-refractivity contribution in [2.45, 2.75) is 64.3 Å². The van der Waals surface area contributed by atoms with Gasteiger partial charge in [0.25, 0.3) is 13.9 Å². The van der Waals surface area contributed by atoms with Crippen LogP contribution in [0.4, 0.5) is 4.39 Å². The smallest absolute Gasteiger partial charge is 0.332 e. The van der Waals surface area contributed by atoms with Crippen LogP contribution < -0.4 is 26.4 Å². The number of aromatic nitrogens is 5. The van der Waals surface area contributed by atoms with Crippen molar-refractivity contribution in [2.24, 2.45) is 0 Å². The van der Waals surface area contributed by atoms with Crippen molar-refractivity contribution in [1.82, 2.24) is 29.0 Å². The summed E-state index contributed by atoms with van der Waals surface area (Å²) in [6.07, 6.45) is 2.09. The first-order valence-electron chi connectivity index (χ1n) is 18.8. The third kappa shape index (κ3) is 7.17. The van der Waals surface area contributed by atoms with Gasteiger partial charge in [-0.25, -0.2) is 9.18 Å². The second-order valence-electron chi connectivity index (χ2n) is 15.7. The molecule has 0 saturated carbocycles. The molecule has 57 heavy (non-hydrogen) atoms. The van der Waals surface area contributed by atoms with Crippen LogP contribution in [-0.4, -0.2) is 77.2 Å². The van der Waals surface area contributed by atoms with Crippen molar-refractivity contribution < 1.29 is 23.1 Å². The molecule has 1 fully saturated rings. The molecule has 0 aliphatic carbocycles. The van der Waals surface area contributed by atoms with E-state index in [0.717, 1.165) is 10.4 Å². The molecule has 1 aliphatic rings. The highest BCUT2D eigenvalue weighted by Crippen LogP contribution is 2.38. The number of halogens is 1. The molecule has 298 valence electrons. The fourth-order valence-electron chi connectivity index (χ4n) is 8.26. The van der Waals surface area contributed by atoms with Gasteiger partial charge in [-0.15, -0.1) is 4.80 Å². The Balaban J connectivity index is 1.33. The summed E-state index contributed by atoms with van der Waals surface area (Å²) >= 11 is 1.20. The molecule has 0 bridgehead atoms. The Bertz CT molecular complexity index is 2480. The number of amides is 1. The number of carbonyl (C=O) groups is 1. The number of likely N-dealkylation sites (tertiary alicyclic amines) is 1. The summed E-state index contributed by atoms with van der Waals surface area (Å²) < 4.78 is 37.3. The summed E-state index contributed by atoms with van der Waals surface area (Å²) in [6.45, 7) is 10.4. The molecule has 2 atom stereocenters. The molecule has 1 aliphatic heterocycles. The second kappa shape index (κ2) is 15.6. The van der Waals surface area contributed by atoms with E-state index in [2.05, 4.69) is 55.2 Å². The zero-order valence-electron chi connectivity index (χ0n) is 33.2. The number of aryl methyl sites for hydroxylation is 1. The molecule has 6 aromatic rings. The third-order valence-corrected chi connectivity index (χ3v) is 17.2. The topological polar surface area (TPSA) is 123 Å². The molecule has 0 radical (unpaired) electrons. The highest BCUT2D eigenvalue weighted by molar-refractivity contribution is 7.21. The number of nitrogens with zero attached hydrogens (tertiary/aromatic N) is 6. The lowest BCUT2D eigenvalue weighted by Crippen LogP contribution is -2.66. The standard InChI is InChI=1S/C42H47FN6O6SSi/c1-28-36-37(51)48(42(5)25-35(50)46(6)27-42)40(52)47(39(36)56-38(28)49-44-20-21-45-49)26-34(32-24-29(43)18-19-33(32)53-7)54-22-23-55-57(41(2,3)4,30-14-10-8-11-15-30)31-16-12-9-13-17-31/h8-21,24,34H,22-23,25-27H2,1-7H3/t34-,42+/m0/s1. The predicted octanol–water partition coefficient (Wildman–Crippen LogP) is 5.17. The molecule has 12 nitrogen and oxygen atoms in total. The van der Waals surface area contributed by atoms with Crippen molar-refractivity contribution in [3.05, 3.63) is 129 Å². The van der Waals surface area contributed by atoms with E-state index in [9.17, 15) is 14.4 Å². The largest absolute Gasteiger partial charge is 0.496 e. The summed E-state index contributed by atoms with van der Waals surface area (Å²) in [5.41, 5.74) is -1.30. The summed E-state index contributed by atoms with van der Waals surface area (Å²) in [7, 11) is 0.218. The monoisotopic (exact) mass is 810 g/mol. The summed E-state index contributed by atoms with van der Waals surface area (Å²) in [5, 5.41) is 11.4. The van der Waals surface area contributed by atoms with Crippen LogP contribution in [0.2, 0.25) is 5.04 Å². The van der Waals surface area contributed by atoms with E-state index in [1.807, 2.05) is 36.4 Å². The maximum Gasteiger partial charge on any atom is 0.332 e. The van der Waals surface area contributed by atoms with Crippen LogP contribution in [0.25, 0.3) is 15.2 Å². The Labute approximate surface area is 335 Å². The Morgan fingerprint density at radius 2 is 1.58 bits per heavy atom. The van der Waals surface area contributed by atoms with Crippen LogP contribution in [0, 0.1) is 12.7 Å². The number of fused-ring (bicyclic) bond motifs is 1. The van der Waals surface area contributed by atoms with E-state index in [4.69, 9.17) is 13.9 Å². The molecule has 15 heteroatoms. The van der Waals surface area contributed by atoms with Crippen molar-refractivity contribution in [3.8, 4) is 10.8 Å². The van der Waals surface area contributed by atoms with Gasteiger partial charge in [-0.05, 0) is 47.5 Å². The molecule has 4 heterocycles. The highest BCUT2D eigenvalue weighted by atomic mass is 32.1. The predicted molar refractivity (Wildman–Crippen MR) is 221 cm³/mol. The molecular formula is C42H47FN6O6SSi. The van der Waals surface area contributed by atoms with E-state index in [0.29, 0.717) is 32.1 Å². The molecule has 0 spiro atoms. The van der Waals surface area contributed by atoms with Gasteiger partial charge in [-0.3, -0.25) is 18.7 Å². The van der Waals surface area contributed by atoms with E-state index in [-0.39, 0.29) is 43.7 Å². The minimum Gasteiger partial charge on any atom is -0.496 e. The quantitative estimate of drug-likeness (QED) is 0.116. The van der Waals surface area contributed by atoms with Gasteiger partial charge in [0.1, 0.15) is 27.5 Å². The Hall–Kier alpha value is -5.22. The lowest BCUT2D eigenvalue weighted by Gasteiger charge is -2.43. The average Bonchev–Trinajstić information content (AvgIpc) is 3.90. The van der Waals surface area contributed by atoms with E-state index < -0.39 is 37.0 Å². The Morgan fingerprint density at radius 3 is 2.14 bits per heavy atom. The number of carbonyl (C=O) groups excluding carboxylic acids is 1. The molecule has 1 saturated heterocycles. The number of benzene rings is 3. The van der Waals surface area contributed by atoms with Crippen molar-refractivity contribution >= 4 is 46.2 Å². The first kappa shape index (κ1) is 40.0. The number of likely N-dealkylation sites (N-methyl/N-ethyl adjacent to an activating group) is 1. The van der Waals surface area contributed by atoms with Gasteiger partial charge >= 0.3 is 5.69 Å². The Morgan fingerprint density at radius 1 is 0.947 bits per heavy atom. The zero-order valence-corrected chi connectivity index (χ0v) is 35.0. The molecule has 0 N–H and O–H groups in total. The maximum absolute atomic E-state index is 15.1. The number of hydrogen-bond donors (Lipinski definition) is 0. The van der Waals surface area contributed by atoms with Gasteiger partial charge in [0.05, 0.1) is 56.6 Å². The normalized spacial score (nSPS) is 16.8. The summed E-state index contributed by atoms with van der Waals surface area (Å²) in [4.78, 5) is 45.6. The van der Waals surface area contributed by atoms with Crippen LogP contribution in [0.15, 0.2) is 101 Å². The van der Waals surface area contributed by atoms with Crippen LogP contribution >= 0.6 is 11.3 Å². The number of rotatable bonds is 13. The van der Waals surface area contributed by atoms with E-state index in [1.54, 1.807) is 20.9 Å². The fraction of sp³-hybridized carbons (Fsp3) is 0.357. The van der Waals surface area contributed by atoms with Gasteiger partial charge < -0.3 is 18.8 Å². The number of hydrogen-bond acceptors (Lipinski definition) is 9. The van der Waals surface area contributed by atoms with Gasteiger partial charge in [-0.1, -0.05) is 92.8 Å². The van der Waals surface area contributed by atoms with E-state index >= 15 is 4.39 Å². The molecular weight excluding hydrogens is 764 g/mol. The zero-order chi connectivity index (χ0) is 40.7. The van der Waals surface area contributed by atoms with Gasteiger partial charge in [0.2, 0.25) is 5.91 Å². The van der Waals surface area contributed by atoms with Crippen LogP contribution in [0.1, 0.15) is 51.3 Å². The molecule has 1 amide bonds. The lowest BCUT2D eigenvalue weighted by molar-refractivity contribution is -0.126. The van der Waals surface area contributed by atoms with Crippen LogP contribution in [0.5, 0.6) is 5.75 Å². The molecule has 0 unspecified atom stereocenters. The number of thiophene rings is 1. The lowest BCUT2D eigenvalue weighted by atomic mass is 10.0. The fourth-order valence-corrected chi connectivity index (χ4v) is 14.0. The second-order valence-corrected chi connectivity index (χ2v) is 21.0. The minimum absolute atomic E-state index is 0.0296. The van der Waals surface area contributed by atoms with Gasteiger partial charge in [-0.2, -0.15) is 10.2 Å². The number of ether oxygens (including phenoxy) is 2. The van der Waals surface area contributed by atoms with Crippen LogP contribution in [0.3, 0.4) is 0 Å². The van der Waals surface area contributed by atoms with Crippen molar-refractivity contribution in [3.63, 3.8) is 0 Å². The first-order chi connectivity index (χ1) is 27.2. The minimum atomic E-state index is -2.93. The van der Waals surface area contributed by atoms with Gasteiger partial charge in [0, 0.05) is 24.7 Å².